The molecule has 1 aromatic carbocycles. The quantitative estimate of drug-likeness (QED) is 0.870. The van der Waals surface area contributed by atoms with Crippen molar-refractivity contribution in [2.24, 2.45) is 11.7 Å². The van der Waals surface area contributed by atoms with Gasteiger partial charge in [-0.1, -0.05) is 19.9 Å². The molecule has 108 valence electrons. The van der Waals surface area contributed by atoms with Crippen LogP contribution in [0.5, 0.6) is 0 Å². The lowest BCUT2D eigenvalue weighted by Gasteiger charge is -2.32. The number of fused-ring (bicyclic) bond motifs is 1. The van der Waals surface area contributed by atoms with Crippen LogP contribution in [0.25, 0.3) is 0 Å². The Bertz CT molecular complexity index is 540. The summed E-state index contributed by atoms with van der Waals surface area (Å²) in [5.41, 5.74) is 8.17. The van der Waals surface area contributed by atoms with Crippen molar-refractivity contribution in [1.82, 2.24) is 4.90 Å². The molecule has 1 amide bonds. The smallest absolute Gasteiger partial charge is 0.335 e. The fraction of sp³-hybridized carbons (Fsp3) is 0.467. The van der Waals surface area contributed by atoms with E-state index in [0.29, 0.717) is 13.1 Å². The minimum atomic E-state index is -0.949. The van der Waals surface area contributed by atoms with Crippen molar-refractivity contribution >= 4 is 11.9 Å². The molecule has 0 aliphatic carbocycles. The summed E-state index contributed by atoms with van der Waals surface area (Å²) >= 11 is 0. The third kappa shape index (κ3) is 2.82. The Morgan fingerprint density at radius 3 is 2.60 bits per heavy atom. The molecule has 0 unspecified atom stereocenters. The van der Waals surface area contributed by atoms with Crippen LogP contribution in [0.15, 0.2) is 18.2 Å². The summed E-state index contributed by atoms with van der Waals surface area (Å²) in [5, 5.41) is 9.02. The fourth-order valence-electron chi connectivity index (χ4n) is 2.37. The molecule has 0 bridgehead atoms. The second-order valence-electron chi connectivity index (χ2n) is 5.57. The number of carboxylic acids is 1. The predicted octanol–water partition coefficient (Wildman–Crippen LogP) is 1.25. The van der Waals surface area contributed by atoms with Crippen molar-refractivity contribution in [1.29, 1.82) is 0 Å². The van der Waals surface area contributed by atoms with Crippen molar-refractivity contribution in [2.45, 2.75) is 32.9 Å². The molecule has 3 N–H and O–H groups in total. The van der Waals surface area contributed by atoms with Gasteiger partial charge in [-0.25, -0.2) is 4.79 Å². The average molecular weight is 276 g/mol. The minimum Gasteiger partial charge on any atom is -0.478 e. The molecule has 2 rings (SSSR count). The molecule has 1 aromatic rings. The number of carbonyl (C=O) groups is 2. The zero-order valence-corrected chi connectivity index (χ0v) is 11.8. The Kier molecular flexibility index (Phi) is 4.09. The lowest BCUT2D eigenvalue weighted by Crippen LogP contribution is -2.48. The van der Waals surface area contributed by atoms with E-state index < -0.39 is 12.0 Å². The second-order valence-corrected chi connectivity index (χ2v) is 5.57. The van der Waals surface area contributed by atoms with Crippen molar-refractivity contribution < 1.29 is 14.7 Å². The number of hydrogen-bond donors (Lipinski definition) is 2. The number of nitrogens with zero attached hydrogens (tertiary/aromatic N) is 1. The average Bonchev–Trinajstić information content (AvgIpc) is 2.44. The number of benzene rings is 1. The van der Waals surface area contributed by atoms with Crippen LogP contribution in [0, 0.1) is 5.92 Å². The predicted molar refractivity (Wildman–Crippen MR) is 75.3 cm³/mol. The fourth-order valence-corrected chi connectivity index (χ4v) is 2.37. The Balaban J connectivity index is 2.19. The van der Waals surface area contributed by atoms with Gasteiger partial charge in [0, 0.05) is 13.1 Å². The molecule has 1 atom stereocenters. The Labute approximate surface area is 118 Å². The van der Waals surface area contributed by atoms with Crippen molar-refractivity contribution in [2.75, 3.05) is 6.54 Å². The Hall–Kier alpha value is -1.88. The number of carboxylic acid groups (broad SMARTS) is 1. The number of carbonyl (C=O) groups excluding carboxylic acids is 1. The monoisotopic (exact) mass is 276 g/mol. The summed E-state index contributed by atoms with van der Waals surface area (Å²) in [6.45, 7) is 4.92. The Morgan fingerprint density at radius 2 is 2.00 bits per heavy atom. The van der Waals surface area contributed by atoms with Gasteiger partial charge in [-0.2, -0.15) is 0 Å². The highest BCUT2D eigenvalue weighted by atomic mass is 16.4. The van der Waals surface area contributed by atoms with Crippen molar-refractivity contribution in [3.63, 3.8) is 0 Å². The van der Waals surface area contributed by atoms with Crippen molar-refractivity contribution in [3.05, 3.63) is 34.9 Å². The molecule has 1 aliphatic heterocycles. The van der Waals surface area contributed by atoms with Crippen molar-refractivity contribution in [3.8, 4) is 0 Å². The molecule has 5 nitrogen and oxygen atoms in total. The maximum absolute atomic E-state index is 12.3. The zero-order valence-electron chi connectivity index (χ0n) is 11.8. The summed E-state index contributed by atoms with van der Waals surface area (Å²) in [6.07, 6.45) is 0.742. The molecule has 20 heavy (non-hydrogen) atoms. The van der Waals surface area contributed by atoms with Crippen LogP contribution in [0.1, 0.15) is 35.3 Å². The summed E-state index contributed by atoms with van der Waals surface area (Å²) in [6, 6.07) is 4.60. The van der Waals surface area contributed by atoms with Gasteiger partial charge in [0.1, 0.15) is 0 Å². The highest BCUT2D eigenvalue weighted by Gasteiger charge is 2.27. The van der Waals surface area contributed by atoms with Gasteiger partial charge in [0.2, 0.25) is 5.91 Å². The third-order valence-corrected chi connectivity index (χ3v) is 3.78. The first kappa shape index (κ1) is 14.5. The minimum absolute atomic E-state index is 0.0635. The van der Waals surface area contributed by atoms with E-state index in [1.807, 2.05) is 19.9 Å². The maximum atomic E-state index is 12.3. The van der Waals surface area contributed by atoms with Gasteiger partial charge in [-0.05, 0) is 35.6 Å². The molecule has 1 aliphatic rings. The first-order chi connectivity index (χ1) is 9.40. The second kappa shape index (κ2) is 5.63. The maximum Gasteiger partial charge on any atom is 0.335 e. The number of aromatic carboxylic acids is 1. The highest BCUT2D eigenvalue weighted by Crippen LogP contribution is 2.21. The normalized spacial score (nSPS) is 15.9. The standard InChI is InChI=1S/C15H20N2O3/c1-9(2)13(16)14(18)17-6-5-10-3-4-11(15(19)20)7-12(10)8-17/h3-4,7,9,13H,5-6,8,16H2,1-2H3,(H,19,20)/t13-/m0/s1. The van der Waals surface area contributed by atoms with E-state index >= 15 is 0 Å². The van der Waals surface area contributed by atoms with E-state index in [-0.39, 0.29) is 17.4 Å². The van der Waals surface area contributed by atoms with Gasteiger partial charge in [0.25, 0.3) is 0 Å². The van der Waals surface area contributed by atoms with Gasteiger partial charge >= 0.3 is 5.97 Å². The van der Waals surface area contributed by atoms with Crippen LogP contribution < -0.4 is 5.73 Å². The highest BCUT2D eigenvalue weighted by molar-refractivity contribution is 5.88. The molecular weight excluding hydrogens is 256 g/mol. The molecule has 1 heterocycles. The van der Waals surface area contributed by atoms with Crippen LogP contribution in [0.3, 0.4) is 0 Å². The van der Waals surface area contributed by atoms with Gasteiger partial charge in [-0.3, -0.25) is 4.79 Å². The lowest BCUT2D eigenvalue weighted by atomic mass is 9.96. The third-order valence-electron chi connectivity index (χ3n) is 3.78. The summed E-state index contributed by atoms with van der Waals surface area (Å²) < 4.78 is 0. The SMILES string of the molecule is CC(C)[C@H](N)C(=O)N1CCc2ccc(C(=O)O)cc2C1. The van der Waals surface area contributed by atoms with E-state index in [4.69, 9.17) is 10.8 Å². The summed E-state index contributed by atoms with van der Waals surface area (Å²) in [4.78, 5) is 25.0. The number of rotatable bonds is 3. The van der Waals surface area contributed by atoms with Gasteiger partial charge in [-0.15, -0.1) is 0 Å². The first-order valence-corrected chi connectivity index (χ1v) is 6.79. The van der Waals surface area contributed by atoms with Crippen LogP contribution >= 0.6 is 0 Å². The van der Waals surface area contributed by atoms with E-state index in [0.717, 1.165) is 17.5 Å². The molecule has 0 saturated heterocycles. The van der Waals surface area contributed by atoms with Gasteiger partial charge in [0.15, 0.2) is 0 Å². The van der Waals surface area contributed by atoms with Crippen LogP contribution in [-0.2, 0) is 17.8 Å². The summed E-state index contributed by atoms with van der Waals surface area (Å²) in [5.74, 6) is -0.921. The van der Waals surface area contributed by atoms with E-state index in [1.165, 1.54) is 0 Å². The van der Waals surface area contributed by atoms with E-state index in [9.17, 15) is 9.59 Å². The topological polar surface area (TPSA) is 83.6 Å². The van der Waals surface area contributed by atoms with Crippen LogP contribution in [0.4, 0.5) is 0 Å². The molecule has 0 spiro atoms. The molecule has 0 radical (unpaired) electrons. The largest absolute Gasteiger partial charge is 0.478 e. The van der Waals surface area contributed by atoms with E-state index in [1.54, 1.807) is 17.0 Å². The van der Waals surface area contributed by atoms with Gasteiger partial charge in [0.05, 0.1) is 11.6 Å². The Morgan fingerprint density at radius 1 is 1.30 bits per heavy atom. The first-order valence-electron chi connectivity index (χ1n) is 6.79. The molecule has 0 fully saturated rings. The zero-order chi connectivity index (χ0) is 14.9. The van der Waals surface area contributed by atoms with Crippen LogP contribution in [0.2, 0.25) is 0 Å². The molecular formula is C15H20N2O3. The van der Waals surface area contributed by atoms with Crippen LogP contribution in [-0.4, -0.2) is 34.5 Å². The summed E-state index contributed by atoms with van der Waals surface area (Å²) in [7, 11) is 0. The van der Waals surface area contributed by atoms with E-state index in [2.05, 4.69) is 0 Å². The number of hydrogen-bond acceptors (Lipinski definition) is 3. The van der Waals surface area contributed by atoms with Gasteiger partial charge < -0.3 is 15.7 Å². The number of amides is 1. The molecule has 0 aromatic heterocycles. The lowest BCUT2D eigenvalue weighted by molar-refractivity contribution is -0.134. The molecule has 5 heteroatoms. The molecule has 0 saturated carbocycles. The number of nitrogens with two attached hydrogens (primary N) is 1.